The largest absolute Gasteiger partial charge is 0.493 e. The summed E-state index contributed by atoms with van der Waals surface area (Å²) in [4.78, 5) is 26.3. The molecule has 0 aromatic heterocycles. The highest BCUT2D eigenvalue weighted by Gasteiger charge is 2.34. The van der Waals surface area contributed by atoms with E-state index in [9.17, 15) is 9.59 Å². The third kappa shape index (κ3) is 5.81. The topological polar surface area (TPSA) is 65.1 Å². The van der Waals surface area contributed by atoms with Crippen LogP contribution in [-0.4, -0.2) is 47.9 Å². The van der Waals surface area contributed by atoms with Gasteiger partial charge in [0.05, 0.1) is 25.4 Å². The predicted octanol–water partition coefficient (Wildman–Crippen LogP) is 4.32. The third-order valence-corrected chi connectivity index (χ3v) is 6.27. The zero-order valence-corrected chi connectivity index (χ0v) is 18.5. The van der Waals surface area contributed by atoms with Gasteiger partial charge in [-0.2, -0.15) is 0 Å². The molecule has 2 aliphatic rings. The minimum Gasteiger partial charge on any atom is -0.493 e. The number of rotatable bonds is 7. The van der Waals surface area contributed by atoms with Gasteiger partial charge in [0.15, 0.2) is 11.5 Å². The van der Waals surface area contributed by atoms with E-state index in [-0.39, 0.29) is 29.8 Å². The summed E-state index contributed by atoms with van der Waals surface area (Å²) < 4.78 is 17.1. The van der Waals surface area contributed by atoms with Crippen LogP contribution in [0.1, 0.15) is 63.8 Å². The van der Waals surface area contributed by atoms with Gasteiger partial charge in [-0.05, 0) is 64.2 Å². The first-order valence-corrected chi connectivity index (χ1v) is 11.3. The lowest BCUT2D eigenvalue weighted by Crippen LogP contribution is -2.32. The van der Waals surface area contributed by atoms with E-state index in [0.717, 1.165) is 24.2 Å². The van der Waals surface area contributed by atoms with Crippen LogP contribution in [0.3, 0.4) is 0 Å². The Morgan fingerprint density at radius 1 is 1.21 bits per heavy atom. The van der Waals surface area contributed by atoms with Crippen LogP contribution in [0, 0.1) is 0 Å². The van der Waals surface area contributed by atoms with Crippen LogP contribution >= 0.6 is 11.8 Å². The number of thioether (sulfide) groups is 1. The van der Waals surface area contributed by atoms with Crippen molar-refractivity contribution in [3.8, 4) is 11.5 Å². The average molecular weight is 422 g/mol. The molecule has 3 rings (SSSR count). The molecule has 1 heterocycles. The first-order chi connectivity index (χ1) is 13.8. The Labute approximate surface area is 177 Å². The molecule has 1 saturated carbocycles. The maximum Gasteiger partial charge on any atom is 0.308 e. The van der Waals surface area contributed by atoms with Gasteiger partial charge >= 0.3 is 5.97 Å². The summed E-state index contributed by atoms with van der Waals surface area (Å²) in [5, 5.41) is -0.137. The lowest BCUT2D eigenvalue weighted by atomic mass is 10.1. The van der Waals surface area contributed by atoms with Crippen molar-refractivity contribution in [2.75, 3.05) is 19.4 Å². The first-order valence-electron chi connectivity index (χ1n) is 10.2. The second-order valence-corrected chi connectivity index (χ2v) is 9.59. The highest BCUT2D eigenvalue weighted by molar-refractivity contribution is 8.00. The maximum atomic E-state index is 12.4. The molecule has 1 atom stereocenters. The van der Waals surface area contributed by atoms with Gasteiger partial charge in [-0.1, -0.05) is 6.07 Å². The molecule has 1 aliphatic carbocycles. The summed E-state index contributed by atoms with van der Waals surface area (Å²) in [5.41, 5.74) is 0.460. The van der Waals surface area contributed by atoms with Gasteiger partial charge in [-0.3, -0.25) is 9.59 Å². The van der Waals surface area contributed by atoms with Crippen molar-refractivity contribution < 1.29 is 23.8 Å². The number of esters is 1. The Morgan fingerprint density at radius 2 is 1.93 bits per heavy atom. The van der Waals surface area contributed by atoms with E-state index in [0.29, 0.717) is 18.0 Å². The van der Waals surface area contributed by atoms with Gasteiger partial charge in [0, 0.05) is 6.54 Å². The standard InChI is InChI=1S/C22H31NO5S/c1-22(2,3)28-20(25)11-12-23-19(24)14-29-21(23)15-9-10-17(26-4)18(13-15)27-16-7-5-6-8-16/h9-10,13,16,21H,5-8,11-12,14H2,1-4H3. The van der Waals surface area contributed by atoms with Crippen LogP contribution in [0.5, 0.6) is 11.5 Å². The Kier molecular flexibility index (Phi) is 6.98. The molecule has 2 fully saturated rings. The minimum absolute atomic E-state index is 0.0395. The molecule has 0 N–H and O–H groups in total. The average Bonchev–Trinajstić information content (AvgIpc) is 3.28. The van der Waals surface area contributed by atoms with E-state index >= 15 is 0 Å². The predicted molar refractivity (Wildman–Crippen MR) is 113 cm³/mol. The van der Waals surface area contributed by atoms with E-state index in [2.05, 4.69) is 0 Å². The molecule has 1 aromatic carbocycles. The molecule has 1 unspecified atom stereocenters. The summed E-state index contributed by atoms with van der Waals surface area (Å²) in [5.74, 6) is 1.59. The fourth-order valence-electron chi connectivity index (χ4n) is 3.70. The van der Waals surface area contributed by atoms with Crippen LogP contribution in [0.25, 0.3) is 0 Å². The van der Waals surface area contributed by atoms with Crippen LogP contribution in [0.15, 0.2) is 18.2 Å². The Hall–Kier alpha value is -1.89. The number of carbonyl (C=O) groups is 2. The van der Waals surface area contributed by atoms with Crippen molar-refractivity contribution in [1.29, 1.82) is 0 Å². The molecular formula is C22H31NO5S. The molecule has 6 nitrogen and oxygen atoms in total. The summed E-state index contributed by atoms with van der Waals surface area (Å²) in [6, 6.07) is 5.85. The van der Waals surface area contributed by atoms with Crippen molar-refractivity contribution >= 4 is 23.6 Å². The fourth-order valence-corrected chi connectivity index (χ4v) is 4.91. The molecular weight excluding hydrogens is 390 g/mol. The van der Waals surface area contributed by atoms with E-state index in [4.69, 9.17) is 14.2 Å². The third-order valence-electron chi connectivity index (χ3n) is 5.01. The summed E-state index contributed by atoms with van der Waals surface area (Å²) >= 11 is 1.57. The Bertz CT molecular complexity index is 739. The molecule has 0 bridgehead atoms. The highest BCUT2D eigenvalue weighted by Crippen LogP contribution is 2.42. The van der Waals surface area contributed by atoms with Crippen LogP contribution in [-0.2, 0) is 14.3 Å². The number of amides is 1. The van der Waals surface area contributed by atoms with E-state index in [1.807, 2.05) is 39.0 Å². The normalized spacial score (nSPS) is 20.2. The smallest absolute Gasteiger partial charge is 0.308 e. The van der Waals surface area contributed by atoms with Gasteiger partial charge in [0.1, 0.15) is 11.0 Å². The van der Waals surface area contributed by atoms with E-state index < -0.39 is 5.60 Å². The van der Waals surface area contributed by atoms with Crippen LogP contribution in [0.2, 0.25) is 0 Å². The van der Waals surface area contributed by atoms with Gasteiger partial charge in [-0.15, -0.1) is 11.8 Å². The van der Waals surface area contributed by atoms with Crippen LogP contribution in [0.4, 0.5) is 0 Å². The van der Waals surface area contributed by atoms with E-state index in [1.54, 1.807) is 23.8 Å². The first kappa shape index (κ1) is 21.8. The molecule has 1 aliphatic heterocycles. The number of methoxy groups -OCH3 is 1. The second-order valence-electron chi connectivity index (χ2n) is 8.52. The van der Waals surface area contributed by atoms with Gasteiger partial charge in [0.2, 0.25) is 5.91 Å². The molecule has 7 heteroatoms. The molecule has 29 heavy (non-hydrogen) atoms. The van der Waals surface area contributed by atoms with Crippen LogP contribution < -0.4 is 9.47 Å². The molecule has 1 saturated heterocycles. The summed E-state index contributed by atoms with van der Waals surface area (Å²) in [6.45, 7) is 5.87. The van der Waals surface area contributed by atoms with E-state index in [1.165, 1.54) is 12.8 Å². The highest BCUT2D eigenvalue weighted by atomic mass is 32.2. The van der Waals surface area contributed by atoms with Gasteiger partial charge in [0.25, 0.3) is 0 Å². The van der Waals surface area contributed by atoms with Crippen molar-refractivity contribution in [3.63, 3.8) is 0 Å². The number of carbonyl (C=O) groups excluding carboxylic acids is 2. The lowest BCUT2D eigenvalue weighted by Gasteiger charge is -2.26. The van der Waals surface area contributed by atoms with Crippen molar-refractivity contribution in [2.24, 2.45) is 0 Å². The fraction of sp³-hybridized carbons (Fsp3) is 0.636. The number of benzene rings is 1. The van der Waals surface area contributed by atoms with Crippen molar-refractivity contribution in [2.45, 2.75) is 70.0 Å². The maximum absolute atomic E-state index is 12.4. The lowest BCUT2D eigenvalue weighted by molar-refractivity contribution is -0.155. The molecule has 160 valence electrons. The zero-order chi connectivity index (χ0) is 21.0. The Balaban J connectivity index is 1.71. The number of hydrogen-bond donors (Lipinski definition) is 0. The molecule has 0 radical (unpaired) electrons. The molecule has 0 spiro atoms. The second kappa shape index (κ2) is 9.28. The summed E-state index contributed by atoms with van der Waals surface area (Å²) in [7, 11) is 1.64. The van der Waals surface area contributed by atoms with Crippen molar-refractivity contribution in [1.82, 2.24) is 4.90 Å². The van der Waals surface area contributed by atoms with Crippen molar-refractivity contribution in [3.05, 3.63) is 23.8 Å². The minimum atomic E-state index is -0.525. The summed E-state index contributed by atoms with van der Waals surface area (Å²) in [6.07, 6.45) is 4.91. The SMILES string of the molecule is COc1ccc(C2SCC(=O)N2CCC(=O)OC(C)(C)C)cc1OC1CCCC1. The number of nitrogens with zero attached hydrogens (tertiary/aromatic N) is 1. The Morgan fingerprint density at radius 3 is 2.59 bits per heavy atom. The zero-order valence-electron chi connectivity index (χ0n) is 17.7. The quantitative estimate of drug-likeness (QED) is 0.611. The molecule has 1 amide bonds. The molecule has 1 aromatic rings. The van der Waals surface area contributed by atoms with Gasteiger partial charge < -0.3 is 19.1 Å². The number of ether oxygens (including phenoxy) is 3. The number of hydrogen-bond acceptors (Lipinski definition) is 6. The van der Waals surface area contributed by atoms with Gasteiger partial charge in [-0.25, -0.2) is 0 Å². The monoisotopic (exact) mass is 421 g/mol.